The Morgan fingerprint density at radius 3 is 2.50 bits per heavy atom. The van der Waals surface area contributed by atoms with Gasteiger partial charge in [-0.25, -0.2) is 0 Å². The predicted molar refractivity (Wildman–Crippen MR) is 50.6 cm³/mol. The van der Waals surface area contributed by atoms with Gasteiger partial charge in [0.25, 0.3) is 0 Å². The number of unbranched alkanes of at least 4 members (excludes halogenated alkanes) is 1. The van der Waals surface area contributed by atoms with Crippen molar-refractivity contribution < 1.29 is 9.47 Å². The summed E-state index contributed by atoms with van der Waals surface area (Å²) >= 11 is 0. The van der Waals surface area contributed by atoms with Crippen molar-refractivity contribution >= 4 is 0 Å². The Hall–Kier alpha value is -0.0800. The fourth-order valence-corrected chi connectivity index (χ4v) is 0.963. The van der Waals surface area contributed by atoms with Crippen molar-refractivity contribution in [2.45, 2.75) is 52.7 Å². The molecule has 1 unspecified atom stereocenters. The minimum Gasteiger partial charge on any atom is -0.353 e. The van der Waals surface area contributed by atoms with E-state index in [9.17, 15) is 0 Å². The van der Waals surface area contributed by atoms with E-state index >= 15 is 0 Å². The van der Waals surface area contributed by atoms with Gasteiger partial charge in [0.15, 0.2) is 6.29 Å². The van der Waals surface area contributed by atoms with Gasteiger partial charge in [0.1, 0.15) is 0 Å². The average Bonchev–Trinajstić information content (AvgIpc) is 2.10. The van der Waals surface area contributed by atoms with Crippen molar-refractivity contribution in [2.75, 3.05) is 6.61 Å². The first-order valence-electron chi connectivity index (χ1n) is 4.90. The maximum Gasteiger partial charge on any atom is 0.158 e. The highest BCUT2D eigenvalue weighted by Gasteiger charge is 2.06. The third-order valence-electron chi connectivity index (χ3n) is 1.59. The summed E-state index contributed by atoms with van der Waals surface area (Å²) in [5, 5.41) is 0. The predicted octanol–water partition coefficient (Wildman–Crippen LogP) is 3.13. The largest absolute Gasteiger partial charge is 0.353 e. The molecule has 0 fully saturated rings. The van der Waals surface area contributed by atoms with Crippen LogP contribution in [-0.2, 0) is 9.47 Å². The maximum absolute atomic E-state index is 5.48. The molecule has 0 saturated heterocycles. The molecule has 0 aliphatic heterocycles. The molecule has 0 rings (SSSR count). The Labute approximate surface area is 76.3 Å². The standard InChI is InChI=1S/C10H21O2/c1-4-7-8-10(11-6-3)12-9-5-2/h6,10H,4-5,7-9H2,1-3H3. The second-order valence-corrected chi connectivity index (χ2v) is 2.81. The van der Waals surface area contributed by atoms with Crippen LogP contribution in [0.1, 0.15) is 46.5 Å². The Morgan fingerprint density at radius 1 is 1.25 bits per heavy atom. The minimum atomic E-state index is -0.0186. The zero-order valence-electron chi connectivity index (χ0n) is 8.51. The lowest BCUT2D eigenvalue weighted by atomic mass is 10.2. The number of hydrogen-bond donors (Lipinski definition) is 0. The van der Waals surface area contributed by atoms with Gasteiger partial charge < -0.3 is 9.47 Å². The average molecular weight is 173 g/mol. The molecule has 1 atom stereocenters. The molecule has 0 aromatic heterocycles. The first-order chi connectivity index (χ1) is 5.85. The fraction of sp³-hybridized carbons (Fsp3) is 0.900. The topological polar surface area (TPSA) is 18.5 Å². The van der Waals surface area contributed by atoms with E-state index < -0.39 is 0 Å². The summed E-state index contributed by atoms with van der Waals surface area (Å²) < 4.78 is 10.8. The molecule has 0 aliphatic carbocycles. The van der Waals surface area contributed by atoms with Gasteiger partial charge in [-0.3, -0.25) is 0 Å². The van der Waals surface area contributed by atoms with Gasteiger partial charge >= 0.3 is 0 Å². The first kappa shape index (κ1) is 11.9. The SMILES string of the molecule is C[CH]OC(CCCC)OCCC. The molecule has 0 saturated carbocycles. The van der Waals surface area contributed by atoms with E-state index in [0.29, 0.717) is 0 Å². The van der Waals surface area contributed by atoms with E-state index in [0.717, 1.165) is 19.4 Å². The molecule has 0 aromatic rings. The van der Waals surface area contributed by atoms with Crippen LogP contribution in [0.3, 0.4) is 0 Å². The van der Waals surface area contributed by atoms with E-state index in [1.807, 2.05) is 6.92 Å². The summed E-state index contributed by atoms with van der Waals surface area (Å²) in [4.78, 5) is 0. The summed E-state index contributed by atoms with van der Waals surface area (Å²) in [7, 11) is 0. The van der Waals surface area contributed by atoms with Crippen LogP contribution < -0.4 is 0 Å². The second kappa shape index (κ2) is 9.01. The Balaban J connectivity index is 3.40. The lowest BCUT2D eigenvalue weighted by molar-refractivity contribution is -0.124. The molecule has 0 amide bonds. The lowest BCUT2D eigenvalue weighted by Gasteiger charge is -2.16. The molecule has 0 heterocycles. The summed E-state index contributed by atoms with van der Waals surface area (Å²) in [6.45, 7) is 8.66. The van der Waals surface area contributed by atoms with Gasteiger partial charge in [0.05, 0.1) is 6.61 Å². The molecule has 0 aromatic carbocycles. The van der Waals surface area contributed by atoms with Crippen LogP contribution in [0, 0.1) is 6.61 Å². The minimum absolute atomic E-state index is 0.0186. The molecule has 1 radical (unpaired) electrons. The normalized spacial score (nSPS) is 13.2. The summed E-state index contributed by atoms with van der Waals surface area (Å²) in [6, 6.07) is 0. The smallest absolute Gasteiger partial charge is 0.158 e. The Kier molecular flexibility index (Phi) is 8.95. The van der Waals surface area contributed by atoms with Crippen LogP contribution in [0.15, 0.2) is 0 Å². The van der Waals surface area contributed by atoms with E-state index in [-0.39, 0.29) is 6.29 Å². The zero-order valence-corrected chi connectivity index (χ0v) is 8.51. The second-order valence-electron chi connectivity index (χ2n) is 2.81. The lowest BCUT2D eigenvalue weighted by Crippen LogP contribution is -2.16. The van der Waals surface area contributed by atoms with Gasteiger partial charge in [-0.15, -0.1) is 0 Å². The summed E-state index contributed by atoms with van der Waals surface area (Å²) in [6.07, 6.45) is 4.40. The number of ether oxygens (including phenoxy) is 2. The van der Waals surface area contributed by atoms with E-state index in [1.54, 1.807) is 6.61 Å². The van der Waals surface area contributed by atoms with Crippen LogP contribution in [0.4, 0.5) is 0 Å². The highest BCUT2D eigenvalue weighted by Crippen LogP contribution is 2.07. The highest BCUT2D eigenvalue weighted by atomic mass is 16.7. The molecule has 0 spiro atoms. The molecular weight excluding hydrogens is 152 g/mol. The van der Waals surface area contributed by atoms with Gasteiger partial charge in [-0.05, 0) is 26.2 Å². The van der Waals surface area contributed by atoms with E-state index in [2.05, 4.69) is 13.8 Å². The van der Waals surface area contributed by atoms with E-state index in [4.69, 9.17) is 9.47 Å². The van der Waals surface area contributed by atoms with Crippen molar-refractivity contribution in [1.29, 1.82) is 0 Å². The van der Waals surface area contributed by atoms with Gasteiger partial charge in [-0.2, -0.15) is 0 Å². The molecular formula is C10H21O2. The van der Waals surface area contributed by atoms with Crippen LogP contribution in [-0.4, -0.2) is 12.9 Å². The van der Waals surface area contributed by atoms with Crippen molar-refractivity contribution in [2.24, 2.45) is 0 Å². The zero-order chi connectivity index (χ0) is 9.23. The van der Waals surface area contributed by atoms with Crippen molar-refractivity contribution in [1.82, 2.24) is 0 Å². The Morgan fingerprint density at radius 2 is 2.00 bits per heavy atom. The molecule has 2 nitrogen and oxygen atoms in total. The number of hydrogen-bond acceptors (Lipinski definition) is 2. The van der Waals surface area contributed by atoms with Crippen LogP contribution >= 0.6 is 0 Å². The molecule has 73 valence electrons. The monoisotopic (exact) mass is 173 g/mol. The van der Waals surface area contributed by atoms with Gasteiger partial charge in [-0.1, -0.05) is 20.3 Å². The quantitative estimate of drug-likeness (QED) is 0.525. The molecule has 2 heteroatoms. The van der Waals surface area contributed by atoms with E-state index in [1.165, 1.54) is 12.8 Å². The van der Waals surface area contributed by atoms with Crippen molar-refractivity contribution in [3.8, 4) is 0 Å². The maximum atomic E-state index is 5.48. The van der Waals surface area contributed by atoms with Gasteiger partial charge in [0.2, 0.25) is 0 Å². The third kappa shape index (κ3) is 6.62. The first-order valence-corrected chi connectivity index (χ1v) is 4.90. The van der Waals surface area contributed by atoms with Crippen LogP contribution in [0.5, 0.6) is 0 Å². The third-order valence-corrected chi connectivity index (χ3v) is 1.59. The van der Waals surface area contributed by atoms with Crippen molar-refractivity contribution in [3.63, 3.8) is 0 Å². The number of rotatable bonds is 8. The van der Waals surface area contributed by atoms with Crippen molar-refractivity contribution in [3.05, 3.63) is 6.61 Å². The van der Waals surface area contributed by atoms with Gasteiger partial charge in [0, 0.05) is 6.61 Å². The summed E-state index contributed by atoms with van der Waals surface area (Å²) in [5.74, 6) is 0. The van der Waals surface area contributed by atoms with Crippen LogP contribution in [0.25, 0.3) is 0 Å². The highest BCUT2D eigenvalue weighted by molar-refractivity contribution is 4.48. The molecule has 0 N–H and O–H groups in total. The Bertz CT molecular complexity index is 75.9. The van der Waals surface area contributed by atoms with Crippen LogP contribution in [0.2, 0.25) is 0 Å². The fourth-order valence-electron chi connectivity index (χ4n) is 0.963. The summed E-state index contributed by atoms with van der Waals surface area (Å²) in [5.41, 5.74) is 0. The molecule has 12 heavy (non-hydrogen) atoms. The molecule has 0 aliphatic rings. The molecule has 0 bridgehead atoms.